The fraction of sp³-hybridized carbons (Fsp3) is 0.533. The second kappa shape index (κ2) is 8.55. The van der Waals surface area contributed by atoms with Gasteiger partial charge in [0.2, 0.25) is 0 Å². The van der Waals surface area contributed by atoms with Crippen molar-refractivity contribution < 1.29 is 19.4 Å². The molecular formula is C15H23NO4. The molecular weight excluding hydrogens is 258 g/mol. The molecule has 1 atom stereocenters. The third-order valence-electron chi connectivity index (χ3n) is 2.94. The van der Waals surface area contributed by atoms with E-state index in [9.17, 15) is 4.79 Å². The van der Waals surface area contributed by atoms with Gasteiger partial charge in [0.25, 0.3) is 0 Å². The second-order valence-electron chi connectivity index (χ2n) is 4.93. The van der Waals surface area contributed by atoms with Crippen LogP contribution in [0.25, 0.3) is 0 Å². The number of hydrogen-bond donors (Lipinski definition) is 2. The molecule has 1 rings (SSSR count). The molecule has 0 aliphatic heterocycles. The molecule has 0 spiro atoms. The lowest BCUT2D eigenvalue weighted by atomic mass is 10.0. The molecule has 0 saturated heterocycles. The number of hydrogen-bond acceptors (Lipinski definition) is 4. The fourth-order valence-corrected chi connectivity index (χ4v) is 1.78. The maximum Gasteiger partial charge on any atom is 0.320 e. The lowest BCUT2D eigenvalue weighted by Gasteiger charge is -2.18. The third-order valence-corrected chi connectivity index (χ3v) is 2.94. The zero-order chi connectivity index (χ0) is 15.0. The van der Waals surface area contributed by atoms with Crippen molar-refractivity contribution in [3.8, 4) is 5.75 Å². The highest BCUT2D eigenvalue weighted by molar-refractivity contribution is 5.73. The highest BCUT2D eigenvalue weighted by atomic mass is 16.5. The summed E-state index contributed by atoms with van der Waals surface area (Å²) in [6.07, 6.45) is 0. The largest absolute Gasteiger partial charge is 0.491 e. The van der Waals surface area contributed by atoms with Crippen LogP contribution in [0.3, 0.4) is 0 Å². The molecule has 1 aromatic carbocycles. The van der Waals surface area contributed by atoms with Crippen molar-refractivity contribution in [1.82, 2.24) is 5.32 Å². The molecule has 0 saturated carbocycles. The van der Waals surface area contributed by atoms with Crippen molar-refractivity contribution in [1.29, 1.82) is 0 Å². The first-order chi connectivity index (χ1) is 9.54. The standard InChI is InChI=1S/C15H23NO4/c1-11(2)14(15(17)18)16-10-12-4-6-13(7-5-12)20-9-8-19-3/h4-7,11,14,16H,8-10H2,1-3H3,(H,17,18)/t14-/m1/s1. The number of carbonyl (C=O) groups is 1. The molecule has 0 unspecified atom stereocenters. The van der Waals surface area contributed by atoms with Crippen LogP contribution in [0.1, 0.15) is 19.4 Å². The van der Waals surface area contributed by atoms with Crippen molar-refractivity contribution in [2.45, 2.75) is 26.4 Å². The van der Waals surface area contributed by atoms with E-state index in [1.165, 1.54) is 0 Å². The summed E-state index contributed by atoms with van der Waals surface area (Å²) in [6.45, 7) is 5.37. The van der Waals surface area contributed by atoms with Gasteiger partial charge in [-0.05, 0) is 23.6 Å². The second-order valence-corrected chi connectivity index (χ2v) is 4.93. The average Bonchev–Trinajstić information content (AvgIpc) is 2.40. The van der Waals surface area contributed by atoms with Crippen molar-refractivity contribution in [3.05, 3.63) is 29.8 Å². The van der Waals surface area contributed by atoms with Gasteiger partial charge >= 0.3 is 5.97 Å². The molecule has 20 heavy (non-hydrogen) atoms. The van der Waals surface area contributed by atoms with Gasteiger partial charge in [-0.15, -0.1) is 0 Å². The van der Waals surface area contributed by atoms with Gasteiger partial charge in [-0.1, -0.05) is 26.0 Å². The van der Waals surface area contributed by atoms with Crippen LogP contribution in [0.15, 0.2) is 24.3 Å². The van der Waals surface area contributed by atoms with Crippen LogP contribution < -0.4 is 10.1 Å². The molecule has 5 heteroatoms. The van der Waals surface area contributed by atoms with Gasteiger partial charge in [0.05, 0.1) is 6.61 Å². The molecule has 112 valence electrons. The number of methoxy groups -OCH3 is 1. The van der Waals surface area contributed by atoms with Crippen LogP contribution in [0, 0.1) is 5.92 Å². The van der Waals surface area contributed by atoms with Crippen molar-refractivity contribution in [2.75, 3.05) is 20.3 Å². The highest BCUT2D eigenvalue weighted by Gasteiger charge is 2.20. The quantitative estimate of drug-likeness (QED) is 0.677. The Morgan fingerprint density at radius 3 is 2.40 bits per heavy atom. The van der Waals surface area contributed by atoms with Crippen LogP contribution >= 0.6 is 0 Å². The van der Waals surface area contributed by atoms with E-state index in [2.05, 4.69) is 5.32 Å². The number of ether oxygens (including phenoxy) is 2. The monoisotopic (exact) mass is 281 g/mol. The Labute approximate surface area is 119 Å². The van der Waals surface area contributed by atoms with Crippen LogP contribution in [-0.4, -0.2) is 37.4 Å². The van der Waals surface area contributed by atoms with Crippen molar-refractivity contribution in [3.63, 3.8) is 0 Å². The predicted octanol–water partition coefficient (Wildman–Crippen LogP) is 1.91. The van der Waals surface area contributed by atoms with Crippen LogP contribution in [0.4, 0.5) is 0 Å². The first-order valence-corrected chi connectivity index (χ1v) is 6.71. The normalized spacial score (nSPS) is 12.4. The third kappa shape index (κ3) is 5.59. The molecule has 0 fully saturated rings. The Balaban J connectivity index is 2.46. The fourth-order valence-electron chi connectivity index (χ4n) is 1.78. The van der Waals surface area contributed by atoms with E-state index >= 15 is 0 Å². The minimum absolute atomic E-state index is 0.0455. The zero-order valence-corrected chi connectivity index (χ0v) is 12.3. The molecule has 1 aromatic rings. The van der Waals surface area contributed by atoms with Gasteiger partial charge in [0.15, 0.2) is 0 Å². The van der Waals surface area contributed by atoms with E-state index in [1.807, 2.05) is 38.1 Å². The number of nitrogens with one attached hydrogen (secondary N) is 1. The summed E-state index contributed by atoms with van der Waals surface area (Å²) in [6, 6.07) is 7.06. The topological polar surface area (TPSA) is 67.8 Å². The van der Waals surface area contributed by atoms with Gasteiger partial charge in [0, 0.05) is 13.7 Å². The lowest BCUT2D eigenvalue weighted by molar-refractivity contribution is -0.140. The molecule has 0 heterocycles. The summed E-state index contributed by atoms with van der Waals surface area (Å²) in [5, 5.41) is 12.1. The molecule has 0 aliphatic rings. The van der Waals surface area contributed by atoms with E-state index in [0.29, 0.717) is 19.8 Å². The number of aliphatic carboxylic acids is 1. The molecule has 0 radical (unpaired) electrons. The van der Waals surface area contributed by atoms with Crippen LogP contribution in [0.5, 0.6) is 5.75 Å². The highest BCUT2D eigenvalue weighted by Crippen LogP contribution is 2.12. The molecule has 0 bridgehead atoms. The number of carboxylic acid groups (broad SMARTS) is 1. The Morgan fingerprint density at radius 1 is 1.25 bits per heavy atom. The first kappa shape index (κ1) is 16.5. The maximum atomic E-state index is 11.1. The van der Waals surface area contributed by atoms with Gasteiger partial charge in [-0.25, -0.2) is 0 Å². The van der Waals surface area contributed by atoms with Gasteiger partial charge in [-0.2, -0.15) is 0 Å². The number of benzene rings is 1. The zero-order valence-electron chi connectivity index (χ0n) is 12.3. The van der Waals surface area contributed by atoms with Crippen molar-refractivity contribution >= 4 is 5.97 Å². The summed E-state index contributed by atoms with van der Waals surface area (Å²) >= 11 is 0. The van der Waals surface area contributed by atoms with Gasteiger partial charge in [0.1, 0.15) is 18.4 Å². The van der Waals surface area contributed by atoms with E-state index in [-0.39, 0.29) is 5.92 Å². The van der Waals surface area contributed by atoms with E-state index in [0.717, 1.165) is 11.3 Å². The minimum Gasteiger partial charge on any atom is -0.491 e. The number of rotatable bonds is 9. The summed E-state index contributed by atoms with van der Waals surface area (Å²) in [4.78, 5) is 11.1. The van der Waals surface area contributed by atoms with Gasteiger partial charge in [-0.3, -0.25) is 4.79 Å². The maximum absolute atomic E-state index is 11.1. The molecule has 2 N–H and O–H groups in total. The Hall–Kier alpha value is -1.59. The van der Waals surface area contributed by atoms with E-state index < -0.39 is 12.0 Å². The first-order valence-electron chi connectivity index (χ1n) is 6.71. The Morgan fingerprint density at radius 2 is 1.90 bits per heavy atom. The smallest absolute Gasteiger partial charge is 0.320 e. The summed E-state index contributed by atoms with van der Waals surface area (Å²) in [7, 11) is 1.63. The lowest BCUT2D eigenvalue weighted by Crippen LogP contribution is -2.40. The molecule has 5 nitrogen and oxygen atoms in total. The minimum atomic E-state index is -0.820. The number of carboxylic acids is 1. The molecule has 0 amide bonds. The molecule has 0 aliphatic carbocycles. The van der Waals surface area contributed by atoms with Crippen LogP contribution in [0.2, 0.25) is 0 Å². The summed E-state index contributed by atoms with van der Waals surface area (Å²) in [5.74, 6) is 0.00751. The molecule has 0 aromatic heterocycles. The Kier molecular flexibility index (Phi) is 7.04. The Bertz CT molecular complexity index is 403. The SMILES string of the molecule is COCCOc1ccc(CN[C@@H](C(=O)O)C(C)C)cc1. The van der Waals surface area contributed by atoms with Gasteiger partial charge < -0.3 is 19.9 Å². The summed E-state index contributed by atoms with van der Waals surface area (Å²) in [5.41, 5.74) is 1.02. The van der Waals surface area contributed by atoms with Crippen molar-refractivity contribution in [2.24, 2.45) is 5.92 Å². The van der Waals surface area contributed by atoms with Crippen LogP contribution in [-0.2, 0) is 16.1 Å². The van der Waals surface area contributed by atoms with E-state index in [4.69, 9.17) is 14.6 Å². The predicted molar refractivity (Wildman–Crippen MR) is 76.9 cm³/mol. The van der Waals surface area contributed by atoms with E-state index in [1.54, 1.807) is 7.11 Å². The summed E-state index contributed by atoms with van der Waals surface area (Å²) < 4.78 is 10.4. The average molecular weight is 281 g/mol.